The maximum absolute atomic E-state index is 14.1. The zero-order valence-electron chi connectivity index (χ0n) is 23.5. The first-order valence-corrected chi connectivity index (χ1v) is 15.9. The molecule has 8 nitrogen and oxygen atoms in total. The van der Waals surface area contributed by atoms with Gasteiger partial charge in [-0.1, -0.05) is 64.7 Å². The Bertz CT molecular complexity index is 1460. The van der Waals surface area contributed by atoms with Crippen LogP contribution < -0.4 is 14.4 Å². The molecule has 3 aromatic carbocycles. The number of nitrogens with zero attached hydrogens (tertiary/aromatic N) is 2. The van der Waals surface area contributed by atoms with Gasteiger partial charge < -0.3 is 15.0 Å². The van der Waals surface area contributed by atoms with E-state index >= 15 is 0 Å². The summed E-state index contributed by atoms with van der Waals surface area (Å²) in [6.45, 7) is 3.20. The molecule has 10 heteroatoms. The molecule has 0 heterocycles. The summed E-state index contributed by atoms with van der Waals surface area (Å²) in [5, 5.41) is 3.08. The van der Waals surface area contributed by atoms with Crippen LogP contribution in [0.25, 0.3) is 0 Å². The minimum atomic E-state index is -4.11. The van der Waals surface area contributed by atoms with E-state index in [-0.39, 0.29) is 23.4 Å². The summed E-state index contributed by atoms with van der Waals surface area (Å²) in [6, 6.07) is 19.8. The van der Waals surface area contributed by atoms with Gasteiger partial charge in [-0.25, -0.2) is 8.42 Å². The molecule has 0 aliphatic heterocycles. The summed E-state index contributed by atoms with van der Waals surface area (Å²) in [6.07, 6.45) is 3.95. The highest BCUT2D eigenvalue weighted by Gasteiger charge is 2.33. The number of carbonyl (C=O) groups excluding carboxylic acids is 2. The Morgan fingerprint density at radius 1 is 1.02 bits per heavy atom. The van der Waals surface area contributed by atoms with Gasteiger partial charge in [0.2, 0.25) is 11.8 Å². The minimum absolute atomic E-state index is 0.0737. The molecule has 0 radical (unpaired) electrons. The lowest BCUT2D eigenvalue weighted by molar-refractivity contribution is -0.139. The van der Waals surface area contributed by atoms with Gasteiger partial charge in [-0.2, -0.15) is 0 Å². The fourth-order valence-corrected chi connectivity index (χ4v) is 6.69. The summed E-state index contributed by atoms with van der Waals surface area (Å²) in [5.74, 6) is -0.0802. The number of aryl methyl sites for hydroxylation is 1. The molecule has 0 spiro atoms. The molecule has 0 saturated heterocycles. The lowest BCUT2D eigenvalue weighted by Gasteiger charge is -2.32. The Kier molecular flexibility index (Phi) is 10.1. The molecular formula is C31H36BrN3O5S. The number of benzene rings is 3. The lowest BCUT2D eigenvalue weighted by atomic mass is 10.1. The molecule has 218 valence electrons. The Labute approximate surface area is 250 Å². The number of anilines is 1. The van der Waals surface area contributed by atoms with Crippen molar-refractivity contribution in [1.82, 2.24) is 10.2 Å². The van der Waals surface area contributed by atoms with Gasteiger partial charge in [0.1, 0.15) is 18.3 Å². The largest absolute Gasteiger partial charge is 0.497 e. The Morgan fingerprint density at radius 2 is 1.68 bits per heavy atom. The van der Waals surface area contributed by atoms with Crippen LogP contribution in [0.15, 0.2) is 82.2 Å². The molecule has 1 fully saturated rings. The molecule has 1 aliphatic carbocycles. The highest BCUT2D eigenvalue weighted by atomic mass is 79.9. The standard InChI is InChI=1S/C31H36BrN3O5S/c1-22-11-17-29(18-12-22)41(38,39)35(27-10-6-7-25(32)19-27)21-30(36)34(20-24-13-15-28(40-3)16-14-24)23(2)31(37)33-26-8-4-5-9-26/h6-7,10-19,23,26H,4-5,8-9,20-21H2,1-3H3,(H,33,37)/t23-/m0/s1. The first-order valence-electron chi connectivity index (χ1n) is 13.7. The second kappa shape index (κ2) is 13.5. The number of nitrogens with one attached hydrogen (secondary N) is 1. The van der Waals surface area contributed by atoms with Crippen molar-refractivity contribution in [3.8, 4) is 5.75 Å². The molecule has 4 rings (SSSR count). The fraction of sp³-hybridized carbons (Fsp3) is 0.355. The van der Waals surface area contributed by atoms with Crippen LogP contribution in [-0.4, -0.2) is 50.9 Å². The summed E-state index contributed by atoms with van der Waals surface area (Å²) in [5.41, 5.74) is 2.04. The minimum Gasteiger partial charge on any atom is -0.497 e. The number of carbonyl (C=O) groups is 2. The SMILES string of the molecule is COc1ccc(CN(C(=O)CN(c2cccc(Br)c2)S(=O)(=O)c2ccc(C)cc2)[C@@H](C)C(=O)NC2CCCC2)cc1. The van der Waals surface area contributed by atoms with Gasteiger partial charge in [0.25, 0.3) is 10.0 Å². The van der Waals surface area contributed by atoms with Crippen LogP contribution in [-0.2, 0) is 26.2 Å². The normalized spacial score (nSPS) is 14.3. The van der Waals surface area contributed by atoms with Crippen LogP contribution in [0.5, 0.6) is 5.75 Å². The Balaban J connectivity index is 1.68. The molecule has 1 aliphatic rings. The zero-order valence-corrected chi connectivity index (χ0v) is 25.9. The predicted octanol–water partition coefficient (Wildman–Crippen LogP) is 5.44. The van der Waals surface area contributed by atoms with Gasteiger partial charge in [-0.05, 0) is 74.7 Å². The number of hydrogen-bond acceptors (Lipinski definition) is 5. The third kappa shape index (κ3) is 7.68. The van der Waals surface area contributed by atoms with E-state index in [4.69, 9.17) is 4.74 Å². The number of ether oxygens (including phenoxy) is 1. The van der Waals surface area contributed by atoms with E-state index in [0.29, 0.717) is 15.9 Å². The van der Waals surface area contributed by atoms with E-state index < -0.39 is 28.5 Å². The predicted molar refractivity (Wildman–Crippen MR) is 163 cm³/mol. The molecule has 0 aromatic heterocycles. The van der Waals surface area contributed by atoms with Gasteiger partial charge in [0, 0.05) is 17.1 Å². The zero-order chi connectivity index (χ0) is 29.6. The topological polar surface area (TPSA) is 96.0 Å². The molecular weight excluding hydrogens is 606 g/mol. The quantitative estimate of drug-likeness (QED) is 0.301. The molecule has 0 unspecified atom stereocenters. The van der Waals surface area contributed by atoms with Crippen molar-refractivity contribution >= 4 is 43.5 Å². The van der Waals surface area contributed by atoms with E-state index in [2.05, 4.69) is 21.2 Å². The van der Waals surface area contributed by atoms with Crippen molar-refractivity contribution in [3.05, 3.63) is 88.4 Å². The summed E-state index contributed by atoms with van der Waals surface area (Å²) < 4.78 is 34.9. The lowest BCUT2D eigenvalue weighted by Crippen LogP contribution is -2.52. The second-order valence-electron chi connectivity index (χ2n) is 10.3. The Morgan fingerprint density at radius 3 is 2.29 bits per heavy atom. The van der Waals surface area contributed by atoms with Crippen molar-refractivity contribution in [3.63, 3.8) is 0 Å². The van der Waals surface area contributed by atoms with Crippen molar-refractivity contribution < 1.29 is 22.7 Å². The maximum atomic E-state index is 14.1. The first kappa shape index (κ1) is 30.6. The van der Waals surface area contributed by atoms with Crippen molar-refractivity contribution in [2.24, 2.45) is 0 Å². The van der Waals surface area contributed by atoms with Crippen molar-refractivity contribution in [2.45, 2.75) is 63.1 Å². The molecule has 2 amide bonds. The van der Waals surface area contributed by atoms with Gasteiger partial charge in [0.05, 0.1) is 17.7 Å². The Hall–Kier alpha value is -3.37. The van der Waals surface area contributed by atoms with Gasteiger partial charge in [-0.15, -0.1) is 0 Å². The van der Waals surface area contributed by atoms with Crippen LogP contribution in [0.3, 0.4) is 0 Å². The number of amides is 2. The molecule has 3 aromatic rings. The van der Waals surface area contributed by atoms with E-state index in [1.807, 2.05) is 19.1 Å². The summed E-state index contributed by atoms with van der Waals surface area (Å²) in [7, 11) is -2.54. The monoisotopic (exact) mass is 641 g/mol. The molecule has 1 N–H and O–H groups in total. The highest BCUT2D eigenvalue weighted by Crippen LogP contribution is 2.27. The summed E-state index contributed by atoms with van der Waals surface area (Å²) in [4.78, 5) is 28.9. The number of sulfonamides is 1. The van der Waals surface area contributed by atoms with Crippen molar-refractivity contribution in [2.75, 3.05) is 18.0 Å². The van der Waals surface area contributed by atoms with Crippen LogP contribution in [0, 0.1) is 6.92 Å². The van der Waals surface area contributed by atoms with Gasteiger partial charge in [0.15, 0.2) is 0 Å². The van der Waals surface area contributed by atoms with Crippen LogP contribution in [0.2, 0.25) is 0 Å². The van der Waals surface area contributed by atoms with Crippen LogP contribution in [0.4, 0.5) is 5.69 Å². The third-order valence-corrected chi connectivity index (χ3v) is 9.65. The second-order valence-corrected chi connectivity index (χ2v) is 13.1. The van der Waals surface area contributed by atoms with E-state index in [0.717, 1.165) is 41.1 Å². The smallest absolute Gasteiger partial charge is 0.264 e. The molecule has 41 heavy (non-hydrogen) atoms. The van der Waals surface area contributed by atoms with Crippen molar-refractivity contribution in [1.29, 1.82) is 0 Å². The summed E-state index contributed by atoms with van der Waals surface area (Å²) >= 11 is 3.42. The van der Waals surface area contributed by atoms with E-state index in [9.17, 15) is 18.0 Å². The fourth-order valence-electron chi connectivity index (χ4n) is 4.90. The average molecular weight is 643 g/mol. The van der Waals surface area contributed by atoms with Crippen LogP contribution >= 0.6 is 15.9 Å². The third-order valence-electron chi connectivity index (χ3n) is 7.36. The highest BCUT2D eigenvalue weighted by molar-refractivity contribution is 9.10. The van der Waals surface area contributed by atoms with Gasteiger partial charge >= 0.3 is 0 Å². The number of methoxy groups -OCH3 is 1. The number of rotatable bonds is 11. The maximum Gasteiger partial charge on any atom is 0.264 e. The number of halogens is 1. The van der Waals surface area contributed by atoms with E-state index in [1.165, 1.54) is 17.0 Å². The first-order chi connectivity index (χ1) is 19.6. The van der Waals surface area contributed by atoms with Gasteiger partial charge in [-0.3, -0.25) is 13.9 Å². The molecule has 0 bridgehead atoms. The van der Waals surface area contributed by atoms with E-state index in [1.54, 1.807) is 62.6 Å². The average Bonchev–Trinajstić information content (AvgIpc) is 3.47. The van der Waals surface area contributed by atoms with Crippen LogP contribution in [0.1, 0.15) is 43.7 Å². The molecule has 1 saturated carbocycles. The molecule has 1 atom stereocenters. The number of hydrogen-bond donors (Lipinski definition) is 1.